The molecule has 0 fully saturated rings. The molecule has 0 saturated heterocycles. The molecule has 0 spiro atoms. The van der Waals surface area contributed by atoms with Gasteiger partial charge in [-0.05, 0) is 42.3 Å². The maximum Gasteiger partial charge on any atom is 0.308 e. The number of fused-ring (bicyclic) bond motifs is 1. The molecule has 9 heteroatoms. The van der Waals surface area contributed by atoms with Crippen molar-refractivity contribution in [2.75, 3.05) is 11.3 Å². The third kappa shape index (κ3) is 4.99. The van der Waals surface area contributed by atoms with Gasteiger partial charge in [-0.3, -0.25) is 18.9 Å². The Morgan fingerprint density at radius 2 is 1.73 bits per heavy atom. The SMILES string of the molecule is CCCNC(=O)c1ccccc1NS(=O)(=O)c1ccc2c(c1)sc(=O)n2Cc1ccccc1. The highest BCUT2D eigenvalue weighted by Crippen LogP contribution is 2.25. The van der Waals surface area contributed by atoms with Crippen molar-refractivity contribution in [3.05, 3.63) is 93.6 Å². The van der Waals surface area contributed by atoms with E-state index in [4.69, 9.17) is 0 Å². The number of amides is 1. The van der Waals surface area contributed by atoms with Crippen molar-refractivity contribution >= 4 is 43.2 Å². The van der Waals surface area contributed by atoms with Crippen LogP contribution in [-0.4, -0.2) is 25.4 Å². The van der Waals surface area contributed by atoms with Crippen LogP contribution in [0.3, 0.4) is 0 Å². The second-order valence-corrected chi connectivity index (χ2v) is 10.2. The molecule has 0 aliphatic rings. The lowest BCUT2D eigenvalue weighted by Crippen LogP contribution is -2.25. The number of para-hydroxylation sites is 1. The van der Waals surface area contributed by atoms with Gasteiger partial charge in [0.1, 0.15) is 0 Å². The van der Waals surface area contributed by atoms with E-state index in [1.54, 1.807) is 34.9 Å². The van der Waals surface area contributed by atoms with E-state index in [0.29, 0.717) is 23.3 Å². The van der Waals surface area contributed by atoms with E-state index in [1.807, 2.05) is 37.3 Å². The fourth-order valence-electron chi connectivity index (χ4n) is 3.44. The number of hydrogen-bond donors (Lipinski definition) is 2. The molecule has 4 rings (SSSR count). The van der Waals surface area contributed by atoms with Gasteiger partial charge in [0.25, 0.3) is 15.9 Å². The number of nitrogens with one attached hydrogen (secondary N) is 2. The molecule has 170 valence electrons. The minimum atomic E-state index is -3.98. The minimum Gasteiger partial charge on any atom is -0.352 e. The van der Waals surface area contributed by atoms with Gasteiger partial charge in [-0.25, -0.2) is 8.42 Å². The van der Waals surface area contributed by atoms with Crippen LogP contribution in [0.5, 0.6) is 0 Å². The van der Waals surface area contributed by atoms with Crippen LogP contribution in [-0.2, 0) is 16.6 Å². The summed E-state index contributed by atoms with van der Waals surface area (Å²) in [5.74, 6) is -0.346. The number of hydrogen-bond acceptors (Lipinski definition) is 5. The van der Waals surface area contributed by atoms with Gasteiger partial charge in [-0.2, -0.15) is 0 Å². The number of anilines is 1. The summed E-state index contributed by atoms with van der Waals surface area (Å²) in [6.45, 7) is 2.84. The van der Waals surface area contributed by atoms with Crippen LogP contribution in [0.2, 0.25) is 0 Å². The van der Waals surface area contributed by atoms with Crippen LogP contribution in [0.15, 0.2) is 82.5 Å². The maximum absolute atomic E-state index is 13.1. The van der Waals surface area contributed by atoms with E-state index in [2.05, 4.69) is 10.0 Å². The van der Waals surface area contributed by atoms with Gasteiger partial charge in [0.05, 0.1) is 32.9 Å². The minimum absolute atomic E-state index is 0.0203. The van der Waals surface area contributed by atoms with Crippen molar-refractivity contribution in [3.8, 4) is 0 Å². The summed E-state index contributed by atoms with van der Waals surface area (Å²) in [5.41, 5.74) is 2.10. The van der Waals surface area contributed by atoms with Gasteiger partial charge in [-0.15, -0.1) is 0 Å². The van der Waals surface area contributed by atoms with Gasteiger partial charge in [0.15, 0.2) is 0 Å². The molecule has 0 saturated carbocycles. The standard InChI is InChI=1S/C24H23N3O4S2/c1-2-14-25-23(28)19-10-6-7-11-20(19)26-33(30,31)18-12-13-21-22(15-18)32-24(29)27(21)16-17-8-4-3-5-9-17/h3-13,15,26H,2,14,16H2,1H3,(H,25,28). The Morgan fingerprint density at radius 3 is 2.48 bits per heavy atom. The summed E-state index contributed by atoms with van der Waals surface area (Å²) < 4.78 is 30.9. The Kier molecular flexibility index (Phi) is 6.62. The van der Waals surface area contributed by atoms with Crippen LogP contribution in [0.1, 0.15) is 29.3 Å². The van der Waals surface area contributed by atoms with Gasteiger partial charge in [0.2, 0.25) is 0 Å². The molecule has 4 aromatic rings. The van der Waals surface area contributed by atoms with Gasteiger partial charge >= 0.3 is 4.87 Å². The Bertz CT molecular complexity index is 1460. The molecule has 1 aromatic heterocycles. The normalized spacial score (nSPS) is 11.4. The lowest BCUT2D eigenvalue weighted by Gasteiger charge is -2.13. The molecule has 0 aliphatic heterocycles. The lowest BCUT2D eigenvalue weighted by molar-refractivity contribution is 0.0954. The van der Waals surface area contributed by atoms with Gasteiger partial charge in [-0.1, -0.05) is 60.7 Å². The van der Waals surface area contributed by atoms with Gasteiger partial charge < -0.3 is 5.32 Å². The Morgan fingerprint density at radius 1 is 1.00 bits per heavy atom. The van der Waals surface area contributed by atoms with Crippen molar-refractivity contribution < 1.29 is 13.2 Å². The number of rotatable bonds is 8. The topological polar surface area (TPSA) is 97.3 Å². The van der Waals surface area contributed by atoms with Crippen molar-refractivity contribution in [3.63, 3.8) is 0 Å². The largest absolute Gasteiger partial charge is 0.352 e. The average molecular weight is 482 g/mol. The number of carbonyl (C=O) groups excluding carboxylic acids is 1. The molecule has 0 radical (unpaired) electrons. The predicted octanol–water partition coefficient (Wildman–Crippen LogP) is 4.05. The van der Waals surface area contributed by atoms with Crippen LogP contribution < -0.4 is 14.9 Å². The number of aromatic nitrogens is 1. The summed E-state index contributed by atoms with van der Waals surface area (Å²) in [4.78, 5) is 24.9. The number of carbonyl (C=O) groups is 1. The number of benzene rings is 3. The molecule has 1 amide bonds. The van der Waals surface area contributed by atoms with Crippen molar-refractivity contribution in [1.29, 1.82) is 0 Å². The predicted molar refractivity (Wildman–Crippen MR) is 132 cm³/mol. The molecule has 1 heterocycles. The summed E-state index contributed by atoms with van der Waals surface area (Å²) in [6, 6.07) is 20.7. The zero-order valence-corrected chi connectivity index (χ0v) is 19.6. The number of nitrogens with zero attached hydrogens (tertiary/aromatic N) is 1. The molecule has 0 unspecified atom stereocenters. The Labute approximate surface area is 195 Å². The average Bonchev–Trinajstić information content (AvgIpc) is 3.12. The monoisotopic (exact) mass is 481 g/mol. The first-order valence-electron chi connectivity index (χ1n) is 10.5. The fourth-order valence-corrected chi connectivity index (χ4v) is 5.55. The van der Waals surface area contributed by atoms with Crippen LogP contribution in [0.4, 0.5) is 5.69 Å². The highest BCUT2D eigenvalue weighted by Gasteiger charge is 2.20. The zero-order valence-electron chi connectivity index (χ0n) is 17.9. The third-order valence-electron chi connectivity index (χ3n) is 5.09. The molecule has 3 aromatic carbocycles. The van der Waals surface area contributed by atoms with Crippen LogP contribution in [0, 0.1) is 0 Å². The highest BCUT2D eigenvalue weighted by molar-refractivity contribution is 7.92. The van der Waals surface area contributed by atoms with E-state index in [1.165, 1.54) is 12.1 Å². The van der Waals surface area contributed by atoms with Crippen LogP contribution >= 0.6 is 11.3 Å². The summed E-state index contributed by atoms with van der Waals surface area (Å²) >= 11 is 1.00. The van der Waals surface area contributed by atoms with Crippen molar-refractivity contribution in [2.45, 2.75) is 24.8 Å². The number of sulfonamides is 1. The fraction of sp³-hybridized carbons (Fsp3) is 0.167. The summed E-state index contributed by atoms with van der Waals surface area (Å²) in [5, 5.41) is 2.76. The van der Waals surface area contributed by atoms with Crippen LogP contribution in [0.25, 0.3) is 10.2 Å². The zero-order chi connectivity index (χ0) is 23.4. The smallest absolute Gasteiger partial charge is 0.308 e. The Balaban J connectivity index is 1.64. The molecular formula is C24H23N3O4S2. The van der Waals surface area contributed by atoms with Crippen molar-refractivity contribution in [2.24, 2.45) is 0 Å². The second-order valence-electron chi connectivity index (χ2n) is 7.48. The Hall–Kier alpha value is -3.43. The van der Waals surface area contributed by atoms with E-state index < -0.39 is 10.0 Å². The van der Waals surface area contributed by atoms with E-state index >= 15 is 0 Å². The first-order chi connectivity index (χ1) is 15.9. The first kappa shape index (κ1) is 22.8. The highest BCUT2D eigenvalue weighted by atomic mass is 32.2. The third-order valence-corrected chi connectivity index (χ3v) is 7.39. The molecule has 0 atom stereocenters. The summed E-state index contributed by atoms with van der Waals surface area (Å²) in [6.07, 6.45) is 0.770. The molecule has 7 nitrogen and oxygen atoms in total. The summed E-state index contributed by atoms with van der Waals surface area (Å²) in [7, 11) is -3.98. The quantitative estimate of drug-likeness (QED) is 0.397. The van der Waals surface area contributed by atoms with E-state index in [-0.39, 0.29) is 26.9 Å². The second kappa shape index (κ2) is 9.60. The number of thiazole rings is 1. The molecule has 33 heavy (non-hydrogen) atoms. The molecular weight excluding hydrogens is 458 g/mol. The lowest BCUT2D eigenvalue weighted by atomic mass is 10.1. The van der Waals surface area contributed by atoms with E-state index in [9.17, 15) is 18.0 Å². The molecule has 0 aliphatic carbocycles. The molecule has 2 N–H and O–H groups in total. The van der Waals surface area contributed by atoms with E-state index in [0.717, 1.165) is 23.3 Å². The maximum atomic E-state index is 13.1. The first-order valence-corrected chi connectivity index (χ1v) is 12.8. The van der Waals surface area contributed by atoms with Gasteiger partial charge in [0, 0.05) is 6.54 Å². The van der Waals surface area contributed by atoms with Crippen molar-refractivity contribution in [1.82, 2.24) is 9.88 Å². The molecule has 0 bridgehead atoms.